The van der Waals surface area contributed by atoms with Gasteiger partial charge in [0.2, 0.25) is 5.91 Å². The van der Waals surface area contributed by atoms with Gasteiger partial charge in [0, 0.05) is 20.5 Å². The van der Waals surface area contributed by atoms with Gasteiger partial charge in [-0.3, -0.25) is 4.79 Å². The van der Waals surface area contributed by atoms with E-state index in [0.717, 1.165) is 12.8 Å². The average molecular weight is 437 g/mol. The number of nitrogens with one attached hydrogen (secondary N) is 1. The number of allylic oxidation sites excluding steroid dienone is 2. The first-order valence-corrected chi connectivity index (χ1v) is 12.1. The van der Waals surface area contributed by atoms with Crippen LogP contribution in [0.4, 0.5) is 11.5 Å². The van der Waals surface area contributed by atoms with Crippen molar-refractivity contribution in [2.24, 2.45) is 0 Å². The number of halogens is 1. The second-order valence-electron chi connectivity index (χ2n) is 8.14. The summed E-state index contributed by atoms with van der Waals surface area (Å²) in [6.07, 6.45) is 22.8. The van der Waals surface area contributed by atoms with Crippen LogP contribution in [0.3, 0.4) is 0 Å². The minimum atomic E-state index is -0.0348. The van der Waals surface area contributed by atoms with Gasteiger partial charge in [0.25, 0.3) is 0 Å². The summed E-state index contributed by atoms with van der Waals surface area (Å²) >= 11 is 6.12. The first kappa shape index (κ1) is 26.4. The van der Waals surface area contributed by atoms with Crippen LogP contribution in [0.5, 0.6) is 0 Å². The fourth-order valence-electron chi connectivity index (χ4n) is 3.36. The molecule has 1 aromatic rings. The molecule has 0 aliphatic rings. The normalized spacial score (nSPS) is 11.2. The molecule has 0 fully saturated rings. The summed E-state index contributed by atoms with van der Waals surface area (Å²) in [5.74, 6) is 0.584. The van der Waals surface area contributed by atoms with E-state index in [1.807, 2.05) is 19.0 Å². The molecule has 30 heavy (non-hydrogen) atoms. The second-order valence-corrected chi connectivity index (χ2v) is 8.50. The third-order valence-corrected chi connectivity index (χ3v) is 5.42. The minimum Gasteiger partial charge on any atom is -0.361 e. The van der Waals surface area contributed by atoms with Crippen molar-refractivity contribution in [2.45, 2.75) is 96.8 Å². The minimum absolute atomic E-state index is 0.0348. The van der Waals surface area contributed by atoms with Crippen molar-refractivity contribution in [1.82, 2.24) is 9.97 Å². The Morgan fingerprint density at radius 2 is 1.50 bits per heavy atom. The second kappa shape index (κ2) is 17.1. The Morgan fingerprint density at radius 3 is 2.10 bits per heavy atom. The van der Waals surface area contributed by atoms with Gasteiger partial charge in [0.15, 0.2) is 11.0 Å². The predicted octanol–water partition coefficient (Wildman–Crippen LogP) is 7.17. The van der Waals surface area contributed by atoms with Crippen LogP contribution in [0, 0.1) is 0 Å². The van der Waals surface area contributed by atoms with Crippen molar-refractivity contribution in [2.75, 3.05) is 24.3 Å². The zero-order valence-corrected chi connectivity index (χ0v) is 20.0. The molecule has 1 amide bonds. The lowest BCUT2D eigenvalue weighted by Gasteiger charge is -2.16. The van der Waals surface area contributed by atoms with E-state index in [0.29, 0.717) is 17.9 Å². The molecule has 0 spiro atoms. The van der Waals surface area contributed by atoms with E-state index in [4.69, 9.17) is 11.6 Å². The summed E-state index contributed by atoms with van der Waals surface area (Å²) in [5.41, 5.74) is 0.488. The molecule has 0 aromatic carbocycles. The highest BCUT2D eigenvalue weighted by molar-refractivity contribution is 6.33. The van der Waals surface area contributed by atoms with E-state index in [-0.39, 0.29) is 11.1 Å². The molecule has 6 heteroatoms. The quantitative estimate of drug-likeness (QED) is 0.160. The van der Waals surface area contributed by atoms with Crippen molar-refractivity contribution in [3.8, 4) is 0 Å². The van der Waals surface area contributed by atoms with Gasteiger partial charge in [0.05, 0.1) is 0 Å². The lowest BCUT2D eigenvalue weighted by Crippen LogP contribution is -2.18. The number of nitrogens with zero attached hydrogens (tertiary/aromatic N) is 3. The maximum Gasteiger partial charge on any atom is 0.224 e. The molecule has 0 unspecified atom stereocenters. The Hall–Kier alpha value is -1.62. The first-order chi connectivity index (χ1) is 14.6. The summed E-state index contributed by atoms with van der Waals surface area (Å²) in [7, 11) is 3.72. The van der Waals surface area contributed by atoms with Crippen molar-refractivity contribution in [3.05, 3.63) is 23.6 Å². The largest absolute Gasteiger partial charge is 0.361 e. The summed E-state index contributed by atoms with van der Waals surface area (Å²) in [5, 5.41) is 3.13. The Labute approximate surface area is 188 Å². The standard InChI is InChI=1S/C24H41ClN4O/c1-4-5-6-7-8-9-10-11-12-13-14-15-16-17-18-19-21(30)28-22-23(25)26-20-27-24(22)29(2)3/h11-12,20H,4-10,13-19H2,1-3H3,(H,28,30). The fraction of sp³-hybridized carbons (Fsp3) is 0.708. The van der Waals surface area contributed by atoms with E-state index in [9.17, 15) is 4.79 Å². The molecule has 170 valence electrons. The SMILES string of the molecule is CCCCCCCCC=CCCCCCCCC(=O)Nc1c(Cl)ncnc1N(C)C. The molecule has 1 rings (SSSR count). The van der Waals surface area contributed by atoms with E-state index in [2.05, 4.69) is 34.4 Å². The van der Waals surface area contributed by atoms with Crippen LogP contribution in [-0.4, -0.2) is 30.0 Å². The smallest absolute Gasteiger partial charge is 0.224 e. The monoisotopic (exact) mass is 436 g/mol. The fourth-order valence-corrected chi connectivity index (χ4v) is 3.54. The van der Waals surface area contributed by atoms with E-state index >= 15 is 0 Å². The number of carbonyl (C=O) groups is 1. The number of unbranched alkanes of at least 4 members (excludes halogenated alkanes) is 11. The Kier molecular flexibility index (Phi) is 15.1. The third kappa shape index (κ3) is 12.2. The summed E-state index contributed by atoms with van der Waals surface area (Å²) < 4.78 is 0. The number of anilines is 2. The van der Waals surface area contributed by atoms with Crippen LogP contribution < -0.4 is 10.2 Å². The first-order valence-electron chi connectivity index (χ1n) is 11.7. The van der Waals surface area contributed by atoms with Crippen molar-refractivity contribution < 1.29 is 4.79 Å². The predicted molar refractivity (Wildman–Crippen MR) is 129 cm³/mol. The molecule has 0 radical (unpaired) electrons. The number of hydrogen-bond donors (Lipinski definition) is 1. The summed E-state index contributed by atoms with van der Waals surface area (Å²) in [4.78, 5) is 22.2. The van der Waals surface area contributed by atoms with Gasteiger partial charge in [-0.1, -0.05) is 82.0 Å². The van der Waals surface area contributed by atoms with E-state index in [1.54, 1.807) is 0 Å². The van der Waals surface area contributed by atoms with Crippen LogP contribution in [-0.2, 0) is 4.79 Å². The van der Waals surface area contributed by atoms with Crippen molar-refractivity contribution in [3.63, 3.8) is 0 Å². The molecule has 0 saturated carbocycles. The number of carbonyl (C=O) groups excluding carboxylic acids is 1. The van der Waals surface area contributed by atoms with Gasteiger partial charge in [-0.2, -0.15) is 0 Å². The number of aromatic nitrogens is 2. The molecule has 1 aromatic heterocycles. The lowest BCUT2D eigenvalue weighted by molar-refractivity contribution is -0.116. The number of amides is 1. The average Bonchev–Trinajstić information content (AvgIpc) is 2.72. The highest BCUT2D eigenvalue weighted by Gasteiger charge is 2.14. The molecular formula is C24H41ClN4O. The zero-order valence-electron chi connectivity index (χ0n) is 19.3. The van der Waals surface area contributed by atoms with Crippen LogP contribution in [0.2, 0.25) is 5.15 Å². The molecule has 0 atom stereocenters. The Morgan fingerprint density at radius 1 is 0.933 bits per heavy atom. The molecule has 0 aliphatic heterocycles. The van der Waals surface area contributed by atoms with Gasteiger partial charge >= 0.3 is 0 Å². The van der Waals surface area contributed by atoms with Gasteiger partial charge in [-0.15, -0.1) is 0 Å². The topological polar surface area (TPSA) is 58.1 Å². The molecule has 1 N–H and O–H groups in total. The van der Waals surface area contributed by atoms with Crippen LogP contribution in [0.25, 0.3) is 0 Å². The molecule has 1 heterocycles. The third-order valence-electron chi connectivity index (χ3n) is 5.13. The van der Waals surface area contributed by atoms with E-state index in [1.165, 1.54) is 77.0 Å². The van der Waals surface area contributed by atoms with Crippen LogP contribution in [0.1, 0.15) is 96.8 Å². The van der Waals surface area contributed by atoms with Gasteiger partial charge in [-0.25, -0.2) is 9.97 Å². The molecular weight excluding hydrogens is 396 g/mol. The molecule has 0 bridgehead atoms. The summed E-state index contributed by atoms with van der Waals surface area (Å²) in [6.45, 7) is 2.26. The van der Waals surface area contributed by atoms with Gasteiger partial charge < -0.3 is 10.2 Å². The summed E-state index contributed by atoms with van der Waals surface area (Å²) in [6, 6.07) is 0. The van der Waals surface area contributed by atoms with Crippen molar-refractivity contribution in [1.29, 1.82) is 0 Å². The Bertz CT molecular complexity index is 619. The van der Waals surface area contributed by atoms with Crippen LogP contribution in [0.15, 0.2) is 18.5 Å². The maximum atomic E-state index is 12.2. The van der Waals surface area contributed by atoms with Crippen LogP contribution >= 0.6 is 11.6 Å². The maximum absolute atomic E-state index is 12.2. The van der Waals surface area contributed by atoms with Gasteiger partial charge in [0.1, 0.15) is 12.0 Å². The van der Waals surface area contributed by atoms with E-state index < -0.39 is 0 Å². The van der Waals surface area contributed by atoms with Gasteiger partial charge in [-0.05, 0) is 32.1 Å². The Balaban J connectivity index is 2.03. The zero-order chi connectivity index (χ0) is 22.0. The lowest BCUT2D eigenvalue weighted by atomic mass is 10.1. The number of rotatable bonds is 17. The highest BCUT2D eigenvalue weighted by atomic mass is 35.5. The molecule has 0 aliphatic carbocycles. The molecule has 0 saturated heterocycles. The number of hydrogen-bond acceptors (Lipinski definition) is 4. The highest BCUT2D eigenvalue weighted by Crippen LogP contribution is 2.28. The van der Waals surface area contributed by atoms with Crippen molar-refractivity contribution >= 4 is 29.0 Å². The molecule has 5 nitrogen and oxygen atoms in total.